The van der Waals surface area contributed by atoms with Crippen LogP contribution in [0.5, 0.6) is 0 Å². The largest absolute Gasteiger partial charge is 0.452 e. The van der Waals surface area contributed by atoms with Crippen LogP contribution < -0.4 is 0 Å². The number of hydrogen-bond acceptors (Lipinski definition) is 3. The third-order valence-corrected chi connectivity index (χ3v) is 2.33. The third kappa shape index (κ3) is 2.10. The van der Waals surface area contributed by atoms with E-state index in [2.05, 4.69) is 5.10 Å². The second-order valence-electron chi connectivity index (χ2n) is 3.23. The van der Waals surface area contributed by atoms with Gasteiger partial charge in [0.05, 0.1) is 18.0 Å². The quantitative estimate of drug-likeness (QED) is 0.750. The fraction of sp³-hybridized carbons (Fsp3) is 0.200. The molecular weight excluding hydrogens is 216 g/mol. The van der Waals surface area contributed by atoms with E-state index in [0.29, 0.717) is 5.56 Å². The lowest BCUT2D eigenvalue weighted by atomic mass is 10.1. The van der Waals surface area contributed by atoms with Crippen molar-refractivity contribution in [3.8, 4) is 0 Å². The monoisotopic (exact) mass is 224 g/mol. The van der Waals surface area contributed by atoms with Crippen molar-refractivity contribution in [2.45, 2.75) is 6.42 Å². The molecule has 78 valence electrons. The van der Waals surface area contributed by atoms with E-state index in [9.17, 15) is 4.79 Å². The lowest BCUT2D eigenvalue weighted by molar-refractivity contribution is 0.0992. The summed E-state index contributed by atoms with van der Waals surface area (Å²) in [5.41, 5.74) is 1.28. The fourth-order valence-electron chi connectivity index (χ4n) is 1.34. The first-order chi connectivity index (χ1) is 7.16. The molecule has 0 aliphatic rings. The summed E-state index contributed by atoms with van der Waals surface area (Å²) >= 11 is 5.70. The molecule has 0 aliphatic carbocycles. The van der Waals surface area contributed by atoms with Crippen LogP contribution in [0.4, 0.5) is 0 Å². The Hall–Kier alpha value is -1.55. The van der Waals surface area contributed by atoms with Gasteiger partial charge in [0.25, 0.3) is 0 Å². The highest BCUT2D eigenvalue weighted by molar-refractivity contribution is 6.32. The van der Waals surface area contributed by atoms with Crippen LogP contribution in [-0.2, 0) is 13.5 Å². The molecule has 0 saturated carbocycles. The number of carbonyl (C=O) groups is 1. The van der Waals surface area contributed by atoms with Gasteiger partial charge in [-0.15, -0.1) is 0 Å². The van der Waals surface area contributed by atoms with Gasteiger partial charge in [0.1, 0.15) is 0 Å². The van der Waals surface area contributed by atoms with E-state index in [1.165, 1.54) is 6.26 Å². The Balaban J connectivity index is 2.14. The molecular formula is C10H9ClN2O2. The second-order valence-corrected chi connectivity index (χ2v) is 3.57. The standard InChI is InChI=1S/C10H9ClN2O2/c1-13-6-7(5-12-13)4-9(14)8-2-3-15-10(8)11/h2-3,5-6H,4H2,1H3. The lowest BCUT2D eigenvalue weighted by Crippen LogP contribution is -2.01. The molecule has 2 aromatic rings. The van der Waals surface area contributed by atoms with E-state index in [4.69, 9.17) is 16.0 Å². The second kappa shape index (κ2) is 3.90. The van der Waals surface area contributed by atoms with Crippen molar-refractivity contribution in [2.75, 3.05) is 0 Å². The molecule has 0 unspecified atom stereocenters. The number of carbonyl (C=O) groups excluding carboxylic acids is 1. The molecule has 0 N–H and O–H groups in total. The summed E-state index contributed by atoms with van der Waals surface area (Å²) in [5, 5.41) is 4.12. The molecule has 4 nitrogen and oxygen atoms in total. The first-order valence-electron chi connectivity index (χ1n) is 4.40. The van der Waals surface area contributed by atoms with Crippen molar-refractivity contribution < 1.29 is 9.21 Å². The van der Waals surface area contributed by atoms with Crippen molar-refractivity contribution in [2.24, 2.45) is 7.05 Å². The number of ketones is 1. The van der Waals surface area contributed by atoms with E-state index in [0.717, 1.165) is 5.56 Å². The van der Waals surface area contributed by atoms with Crippen molar-refractivity contribution in [3.63, 3.8) is 0 Å². The van der Waals surface area contributed by atoms with Gasteiger partial charge >= 0.3 is 0 Å². The van der Waals surface area contributed by atoms with E-state index < -0.39 is 0 Å². The van der Waals surface area contributed by atoms with Crippen LogP contribution in [0.3, 0.4) is 0 Å². The number of aryl methyl sites for hydroxylation is 1. The number of rotatable bonds is 3. The smallest absolute Gasteiger partial charge is 0.203 e. The Morgan fingerprint density at radius 2 is 2.47 bits per heavy atom. The minimum Gasteiger partial charge on any atom is -0.452 e. The van der Waals surface area contributed by atoms with Crippen molar-refractivity contribution in [3.05, 3.63) is 41.1 Å². The zero-order valence-electron chi connectivity index (χ0n) is 8.11. The first-order valence-corrected chi connectivity index (χ1v) is 4.78. The number of halogens is 1. The molecule has 0 amide bonds. The van der Waals surface area contributed by atoms with Gasteiger partial charge in [-0.25, -0.2) is 0 Å². The van der Waals surface area contributed by atoms with Crippen LogP contribution in [0.1, 0.15) is 15.9 Å². The maximum Gasteiger partial charge on any atom is 0.203 e. The molecule has 0 saturated heterocycles. The van der Waals surface area contributed by atoms with Gasteiger partial charge in [-0.3, -0.25) is 9.48 Å². The van der Waals surface area contributed by atoms with E-state index in [-0.39, 0.29) is 17.4 Å². The van der Waals surface area contributed by atoms with Gasteiger partial charge in [-0.2, -0.15) is 5.10 Å². The Bertz CT molecular complexity index is 487. The average molecular weight is 225 g/mol. The zero-order valence-corrected chi connectivity index (χ0v) is 8.86. The van der Waals surface area contributed by atoms with Crippen LogP contribution in [0, 0.1) is 0 Å². The molecule has 5 heteroatoms. The minimum absolute atomic E-state index is 0.0678. The molecule has 0 aromatic carbocycles. The summed E-state index contributed by atoms with van der Waals surface area (Å²) in [5.74, 6) is -0.0678. The zero-order chi connectivity index (χ0) is 10.8. The molecule has 0 atom stereocenters. The van der Waals surface area contributed by atoms with Gasteiger partial charge in [0.15, 0.2) is 5.78 Å². The summed E-state index contributed by atoms with van der Waals surface area (Å²) in [6, 6.07) is 1.57. The Labute approximate surface area is 91.4 Å². The van der Waals surface area contributed by atoms with Crippen LogP contribution >= 0.6 is 11.6 Å². The van der Waals surface area contributed by atoms with Gasteiger partial charge in [-0.05, 0) is 23.2 Å². The Morgan fingerprint density at radius 1 is 1.67 bits per heavy atom. The molecule has 0 fully saturated rings. The van der Waals surface area contributed by atoms with Gasteiger partial charge in [0, 0.05) is 19.7 Å². The molecule has 0 radical (unpaired) electrons. The summed E-state index contributed by atoms with van der Waals surface area (Å²) in [6.45, 7) is 0. The molecule has 2 aromatic heterocycles. The molecule has 2 rings (SSSR count). The average Bonchev–Trinajstić information content (AvgIpc) is 2.75. The van der Waals surface area contributed by atoms with Gasteiger partial charge in [0.2, 0.25) is 5.22 Å². The van der Waals surface area contributed by atoms with Crippen LogP contribution in [0.15, 0.2) is 29.1 Å². The van der Waals surface area contributed by atoms with E-state index in [1.54, 1.807) is 30.2 Å². The van der Waals surface area contributed by atoms with Gasteiger partial charge in [-0.1, -0.05) is 0 Å². The molecule has 2 heterocycles. The molecule has 15 heavy (non-hydrogen) atoms. The molecule has 0 aliphatic heterocycles. The highest BCUT2D eigenvalue weighted by Gasteiger charge is 2.13. The summed E-state index contributed by atoms with van der Waals surface area (Å²) in [6.07, 6.45) is 5.14. The molecule has 0 spiro atoms. The van der Waals surface area contributed by atoms with Crippen molar-refractivity contribution >= 4 is 17.4 Å². The van der Waals surface area contributed by atoms with Crippen LogP contribution in [0.2, 0.25) is 5.22 Å². The topological polar surface area (TPSA) is 48.0 Å². The number of nitrogens with zero attached hydrogens (tertiary/aromatic N) is 2. The number of furan rings is 1. The predicted molar refractivity (Wildman–Crippen MR) is 55.0 cm³/mol. The lowest BCUT2D eigenvalue weighted by Gasteiger charge is -1.94. The third-order valence-electron chi connectivity index (χ3n) is 2.04. The number of Topliss-reactive ketones (excluding diaryl/α,β-unsaturated/α-hetero) is 1. The number of hydrogen-bond donors (Lipinski definition) is 0. The van der Waals surface area contributed by atoms with Crippen molar-refractivity contribution in [1.29, 1.82) is 0 Å². The Kier molecular flexibility index (Phi) is 2.60. The van der Waals surface area contributed by atoms with Crippen LogP contribution in [-0.4, -0.2) is 15.6 Å². The van der Waals surface area contributed by atoms with Crippen LogP contribution in [0.25, 0.3) is 0 Å². The van der Waals surface area contributed by atoms with E-state index >= 15 is 0 Å². The summed E-state index contributed by atoms with van der Waals surface area (Å²) in [7, 11) is 1.80. The highest BCUT2D eigenvalue weighted by atomic mass is 35.5. The first kappa shape index (κ1) is 9.98. The number of aromatic nitrogens is 2. The maximum absolute atomic E-state index is 11.7. The summed E-state index contributed by atoms with van der Waals surface area (Å²) in [4.78, 5) is 11.7. The predicted octanol–water partition coefficient (Wildman–Crippen LogP) is 2.09. The highest BCUT2D eigenvalue weighted by Crippen LogP contribution is 2.18. The summed E-state index contributed by atoms with van der Waals surface area (Å²) < 4.78 is 6.50. The fourth-order valence-corrected chi connectivity index (χ4v) is 1.56. The van der Waals surface area contributed by atoms with Crippen molar-refractivity contribution in [1.82, 2.24) is 9.78 Å². The Morgan fingerprint density at radius 3 is 3.00 bits per heavy atom. The minimum atomic E-state index is -0.0678. The van der Waals surface area contributed by atoms with Gasteiger partial charge < -0.3 is 4.42 Å². The van der Waals surface area contributed by atoms with E-state index in [1.807, 2.05) is 0 Å². The molecule has 0 bridgehead atoms. The maximum atomic E-state index is 11.7. The SMILES string of the molecule is Cn1cc(CC(=O)c2ccoc2Cl)cn1. The normalized spacial score (nSPS) is 10.5.